The molecule has 1 atom stereocenters. The van der Waals surface area contributed by atoms with Crippen LogP contribution in [-0.4, -0.2) is 44.1 Å². The maximum Gasteiger partial charge on any atom is 0.260 e. The van der Waals surface area contributed by atoms with Gasteiger partial charge in [-0.1, -0.05) is 28.1 Å². The Labute approximate surface area is 144 Å². The minimum Gasteiger partial charge on any atom is -0.484 e. The maximum absolute atomic E-state index is 12.3. The molecule has 1 unspecified atom stereocenters. The molecule has 2 aromatic carbocycles. The second kappa shape index (κ2) is 7.32. The number of hydrogen-bond acceptors (Lipinski definition) is 3. The molecule has 1 amide bonds. The van der Waals surface area contributed by atoms with Crippen LogP contribution in [0.1, 0.15) is 6.42 Å². The third-order valence-electron chi connectivity index (χ3n) is 4.27. The van der Waals surface area contributed by atoms with Gasteiger partial charge in [0.1, 0.15) is 5.75 Å². The highest BCUT2D eigenvalue weighted by Crippen LogP contribution is 2.24. The lowest BCUT2D eigenvalue weighted by Crippen LogP contribution is -2.34. The van der Waals surface area contributed by atoms with Crippen molar-refractivity contribution < 1.29 is 9.53 Å². The molecule has 3 rings (SSSR count). The number of nitrogens with zero attached hydrogens (tertiary/aromatic N) is 1. The summed E-state index contributed by atoms with van der Waals surface area (Å²) in [7, 11) is 1.95. The Balaban J connectivity index is 1.58. The Hall–Kier alpha value is -1.59. The Bertz CT molecular complexity index is 704. The first kappa shape index (κ1) is 16.3. The van der Waals surface area contributed by atoms with E-state index in [0.717, 1.165) is 47.0 Å². The van der Waals surface area contributed by atoms with E-state index in [4.69, 9.17) is 4.74 Å². The van der Waals surface area contributed by atoms with E-state index < -0.39 is 0 Å². The standard InChI is InChI=1S/C18H21BrN2O2/c1-20-10-13-6-7-21(11-13)18(22)12-23-17-5-3-14-8-16(19)4-2-15(14)9-17/h2-5,8-9,13,20H,6-7,10-12H2,1H3. The average Bonchev–Trinajstić information content (AvgIpc) is 3.01. The number of benzene rings is 2. The predicted molar refractivity (Wildman–Crippen MR) is 95.8 cm³/mol. The number of carbonyl (C=O) groups excluding carboxylic acids is 1. The van der Waals surface area contributed by atoms with Gasteiger partial charge in [-0.05, 0) is 61.0 Å². The van der Waals surface area contributed by atoms with Crippen LogP contribution in [0.2, 0.25) is 0 Å². The lowest BCUT2D eigenvalue weighted by atomic mass is 10.1. The van der Waals surface area contributed by atoms with E-state index >= 15 is 0 Å². The molecular formula is C18H21BrN2O2. The molecule has 1 fully saturated rings. The summed E-state index contributed by atoms with van der Waals surface area (Å²) in [4.78, 5) is 14.2. The average molecular weight is 377 g/mol. The van der Waals surface area contributed by atoms with E-state index in [9.17, 15) is 4.79 Å². The lowest BCUT2D eigenvalue weighted by Gasteiger charge is -2.17. The van der Waals surface area contributed by atoms with Gasteiger partial charge in [0.25, 0.3) is 5.91 Å². The summed E-state index contributed by atoms with van der Waals surface area (Å²) in [5.41, 5.74) is 0. The highest BCUT2D eigenvalue weighted by molar-refractivity contribution is 9.10. The van der Waals surface area contributed by atoms with E-state index in [1.54, 1.807) is 0 Å². The van der Waals surface area contributed by atoms with Gasteiger partial charge in [-0.3, -0.25) is 4.79 Å². The quantitative estimate of drug-likeness (QED) is 0.871. The lowest BCUT2D eigenvalue weighted by molar-refractivity contribution is -0.132. The molecule has 5 heteroatoms. The first-order chi connectivity index (χ1) is 11.2. The molecule has 2 aromatic rings. The van der Waals surface area contributed by atoms with Crippen LogP contribution < -0.4 is 10.1 Å². The fraction of sp³-hybridized carbons (Fsp3) is 0.389. The van der Waals surface area contributed by atoms with Gasteiger partial charge in [-0.25, -0.2) is 0 Å². The molecule has 23 heavy (non-hydrogen) atoms. The van der Waals surface area contributed by atoms with Crippen LogP contribution in [0.4, 0.5) is 0 Å². The van der Waals surface area contributed by atoms with Crippen LogP contribution in [0, 0.1) is 5.92 Å². The topological polar surface area (TPSA) is 41.6 Å². The molecule has 0 radical (unpaired) electrons. The molecule has 4 nitrogen and oxygen atoms in total. The van der Waals surface area contributed by atoms with Gasteiger partial charge in [-0.2, -0.15) is 0 Å². The number of ether oxygens (including phenoxy) is 1. The van der Waals surface area contributed by atoms with Crippen LogP contribution in [0.3, 0.4) is 0 Å². The summed E-state index contributed by atoms with van der Waals surface area (Å²) < 4.78 is 6.75. The summed E-state index contributed by atoms with van der Waals surface area (Å²) >= 11 is 3.47. The van der Waals surface area contributed by atoms with Crippen molar-refractivity contribution in [3.63, 3.8) is 0 Å². The summed E-state index contributed by atoms with van der Waals surface area (Å²) in [6.45, 7) is 2.73. The van der Waals surface area contributed by atoms with Crippen molar-refractivity contribution in [2.75, 3.05) is 33.3 Å². The summed E-state index contributed by atoms with van der Waals surface area (Å²) in [6.07, 6.45) is 1.07. The van der Waals surface area contributed by atoms with E-state index in [0.29, 0.717) is 5.92 Å². The van der Waals surface area contributed by atoms with Gasteiger partial charge < -0.3 is 15.0 Å². The zero-order chi connectivity index (χ0) is 16.2. The highest BCUT2D eigenvalue weighted by atomic mass is 79.9. The Kier molecular flexibility index (Phi) is 5.18. The molecule has 0 aromatic heterocycles. The van der Waals surface area contributed by atoms with Crippen molar-refractivity contribution in [2.24, 2.45) is 5.92 Å². The number of hydrogen-bond donors (Lipinski definition) is 1. The minimum absolute atomic E-state index is 0.0690. The molecule has 122 valence electrons. The fourth-order valence-corrected chi connectivity index (χ4v) is 3.41. The Morgan fingerprint density at radius 1 is 1.30 bits per heavy atom. The molecule has 0 aliphatic carbocycles. The molecule has 0 saturated carbocycles. The Morgan fingerprint density at radius 2 is 2.09 bits per heavy atom. The van der Waals surface area contributed by atoms with E-state index in [1.807, 2.05) is 42.3 Å². The SMILES string of the molecule is CNCC1CCN(C(=O)COc2ccc3cc(Br)ccc3c2)C1. The molecule has 1 aliphatic rings. The fourth-order valence-electron chi connectivity index (χ4n) is 3.04. The first-order valence-corrected chi connectivity index (χ1v) is 8.69. The monoisotopic (exact) mass is 376 g/mol. The van der Waals surface area contributed by atoms with E-state index in [1.165, 1.54) is 0 Å². The van der Waals surface area contributed by atoms with Crippen LogP contribution >= 0.6 is 15.9 Å². The third kappa shape index (κ3) is 4.03. The largest absolute Gasteiger partial charge is 0.484 e. The molecular weight excluding hydrogens is 356 g/mol. The smallest absolute Gasteiger partial charge is 0.260 e. The zero-order valence-corrected chi connectivity index (χ0v) is 14.8. The Morgan fingerprint density at radius 3 is 2.91 bits per heavy atom. The zero-order valence-electron chi connectivity index (χ0n) is 13.2. The van der Waals surface area contributed by atoms with Gasteiger partial charge in [0.15, 0.2) is 6.61 Å². The van der Waals surface area contributed by atoms with Gasteiger partial charge in [-0.15, -0.1) is 0 Å². The predicted octanol–water partition coefficient (Wildman–Crippen LogP) is 3.05. The normalized spacial score (nSPS) is 17.7. The van der Waals surface area contributed by atoms with E-state index in [2.05, 4.69) is 27.3 Å². The summed E-state index contributed by atoms with van der Waals surface area (Å²) in [5, 5.41) is 5.43. The number of halogens is 1. The number of fused-ring (bicyclic) bond motifs is 1. The summed E-state index contributed by atoms with van der Waals surface area (Å²) in [6, 6.07) is 12.0. The molecule has 0 bridgehead atoms. The van der Waals surface area contributed by atoms with Crippen molar-refractivity contribution in [1.29, 1.82) is 0 Å². The van der Waals surface area contributed by atoms with Gasteiger partial charge in [0.05, 0.1) is 0 Å². The molecule has 0 spiro atoms. The van der Waals surface area contributed by atoms with Gasteiger partial charge in [0.2, 0.25) is 0 Å². The molecule has 1 heterocycles. The third-order valence-corrected chi connectivity index (χ3v) is 4.76. The minimum atomic E-state index is 0.0690. The van der Waals surface area contributed by atoms with Crippen molar-refractivity contribution in [1.82, 2.24) is 10.2 Å². The first-order valence-electron chi connectivity index (χ1n) is 7.90. The van der Waals surface area contributed by atoms with Crippen LogP contribution in [0.25, 0.3) is 10.8 Å². The second-order valence-corrected chi connectivity index (χ2v) is 6.91. The van der Waals surface area contributed by atoms with Crippen LogP contribution in [0.15, 0.2) is 40.9 Å². The maximum atomic E-state index is 12.3. The number of amides is 1. The number of nitrogens with one attached hydrogen (secondary N) is 1. The molecule has 1 N–H and O–H groups in total. The number of carbonyl (C=O) groups is 1. The van der Waals surface area contributed by atoms with E-state index in [-0.39, 0.29) is 12.5 Å². The number of likely N-dealkylation sites (tertiary alicyclic amines) is 1. The van der Waals surface area contributed by atoms with Crippen molar-refractivity contribution in [3.05, 3.63) is 40.9 Å². The number of rotatable bonds is 5. The molecule has 1 aliphatic heterocycles. The summed E-state index contributed by atoms with van der Waals surface area (Å²) in [5.74, 6) is 1.36. The highest BCUT2D eigenvalue weighted by Gasteiger charge is 2.25. The van der Waals surface area contributed by atoms with Crippen molar-refractivity contribution in [3.8, 4) is 5.75 Å². The molecule has 1 saturated heterocycles. The van der Waals surface area contributed by atoms with Gasteiger partial charge in [0, 0.05) is 17.6 Å². The van der Waals surface area contributed by atoms with Crippen LogP contribution in [-0.2, 0) is 4.79 Å². The van der Waals surface area contributed by atoms with Crippen molar-refractivity contribution >= 4 is 32.6 Å². The van der Waals surface area contributed by atoms with Crippen molar-refractivity contribution in [2.45, 2.75) is 6.42 Å². The van der Waals surface area contributed by atoms with Gasteiger partial charge >= 0.3 is 0 Å². The second-order valence-electron chi connectivity index (χ2n) is 5.99. The van der Waals surface area contributed by atoms with Crippen LogP contribution in [0.5, 0.6) is 5.75 Å².